The molecule has 0 aliphatic carbocycles. The highest BCUT2D eigenvalue weighted by atomic mass is 32.2. The topological polar surface area (TPSA) is 95.2 Å². The maximum Gasteiger partial charge on any atom is 0.343 e. The van der Waals surface area contributed by atoms with Gasteiger partial charge in [-0.15, -0.1) is 5.10 Å². The molecule has 3 rings (SSSR count). The lowest BCUT2D eigenvalue weighted by atomic mass is 10.2. The number of rotatable bonds is 4. The number of nitrogen functional groups attached to an aromatic ring is 1. The molecule has 8 heteroatoms. The molecule has 0 atom stereocenters. The van der Waals surface area contributed by atoms with Crippen molar-refractivity contribution in [3.8, 4) is 11.5 Å². The number of nitrogens with two attached hydrogens (primary N) is 1. The van der Waals surface area contributed by atoms with Crippen LogP contribution < -0.4 is 20.9 Å². The molecule has 1 aromatic carbocycles. The molecule has 0 saturated carbocycles. The summed E-state index contributed by atoms with van der Waals surface area (Å²) in [5.74, 6) is 1.99. The van der Waals surface area contributed by atoms with Crippen molar-refractivity contribution in [2.75, 3.05) is 18.9 Å². The first-order chi connectivity index (χ1) is 10.2. The molecule has 21 heavy (non-hydrogen) atoms. The van der Waals surface area contributed by atoms with E-state index in [1.54, 1.807) is 10.6 Å². The highest BCUT2D eigenvalue weighted by Gasteiger charge is 2.15. The fourth-order valence-electron chi connectivity index (χ4n) is 2.11. The number of ether oxygens (including phenoxy) is 2. The summed E-state index contributed by atoms with van der Waals surface area (Å²) in [6.45, 7) is 3.56. The number of hydrogen-bond acceptors (Lipinski definition) is 6. The molecule has 112 valence electrons. The van der Waals surface area contributed by atoms with E-state index in [2.05, 4.69) is 10.2 Å². The molecule has 7 nitrogen and oxygen atoms in total. The van der Waals surface area contributed by atoms with Gasteiger partial charge in [-0.25, -0.2) is 9.89 Å². The van der Waals surface area contributed by atoms with Crippen molar-refractivity contribution in [2.45, 2.75) is 24.4 Å². The van der Waals surface area contributed by atoms with E-state index in [0.717, 1.165) is 5.56 Å². The molecule has 0 spiro atoms. The molecule has 2 aromatic rings. The summed E-state index contributed by atoms with van der Waals surface area (Å²) in [4.78, 5) is 11.5. The van der Waals surface area contributed by atoms with Crippen LogP contribution in [0.1, 0.15) is 12.5 Å². The third-order valence-electron chi connectivity index (χ3n) is 3.20. The summed E-state index contributed by atoms with van der Waals surface area (Å²) in [5.41, 5.74) is 7.42. The lowest BCUT2D eigenvalue weighted by Crippen LogP contribution is -2.16. The minimum absolute atomic E-state index is 0.199. The maximum absolute atomic E-state index is 11.5. The van der Waals surface area contributed by atoms with Gasteiger partial charge in [-0.2, -0.15) is 0 Å². The molecule has 1 aliphatic heterocycles. The first-order valence-corrected chi connectivity index (χ1v) is 7.63. The number of thioether (sulfide) groups is 1. The van der Waals surface area contributed by atoms with Gasteiger partial charge in [0.05, 0.1) is 0 Å². The van der Waals surface area contributed by atoms with Gasteiger partial charge in [-0.05, 0) is 18.6 Å². The molecule has 0 amide bonds. The van der Waals surface area contributed by atoms with Crippen LogP contribution in [-0.2, 0) is 12.3 Å². The number of nitrogens with zero attached hydrogens (tertiary/aromatic N) is 2. The summed E-state index contributed by atoms with van der Waals surface area (Å²) < 4.78 is 12.6. The zero-order chi connectivity index (χ0) is 14.8. The number of anilines is 1. The van der Waals surface area contributed by atoms with Crippen LogP contribution in [0.25, 0.3) is 0 Å². The minimum atomic E-state index is -0.199. The zero-order valence-electron chi connectivity index (χ0n) is 11.6. The van der Waals surface area contributed by atoms with Crippen molar-refractivity contribution in [3.63, 3.8) is 0 Å². The summed E-state index contributed by atoms with van der Waals surface area (Å²) >= 11 is 1.45. The molecule has 0 saturated heterocycles. The number of hydrogen-bond donors (Lipinski definition) is 2. The Morgan fingerprint density at radius 3 is 2.81 bits per heavy atom. The van der Waals surface area contributed by atoms with Gasteiger partial charge in [0.1, 0.15) is 13.2 Å². The highest BCUT2D eigenvalue weighted by Crippen LogP contribution is 2.36. The van der Waals surface area contributed by atoms with Gasteiger partial charge in [-0.3, -0.25) is 4.57 Å². The minimum Gasteiger partial charge on any atom is -0.486 e. The van der Waals surface area contributed by atoms with Crippen LogP contribution in [0, 0.1) is 0 Å². The number of benzene rings is 1. The summed E-state index contributed by atoms with van der Waals surface area (Å²) in [5, 5.41) is 7.11. The van der Waals surface area contributed by atoms with Gasteiger partial charge in [0.25, 0.3) is 0 Å². The van der Waals surface area contributed by atoms with Crippen LogP contribution in [0.3, 0.4) is 0 Å². The average molecular weight is 308 g/mol. The summed E-state index contributed by atoms with van der Waals surface area (Å²) in [7, 11) is 0. The SMILES string of the molecule is CCn1c(SCc2cc3c(cc2N)OCCO3)n[nH]c1=O. The largest absolute Gasteiger partial charge is 0.486 e. The van der Waals surface area contributed by atoms with E-state index in [4.69, 9.17) is 15.2 Å². The molecular formula is C13H16N4O3S. The van der Waals surface area contributed by atoms with Crippen LogP contribution in [-0.4, -0.2) is 28.0 Å². The van der Waals surface area contributed by atoms with Gasteiger partial charge in [-0.1, -0.05) is 11.8 Å². The Kier molecular flexibility index (Phi) is 3.78. The third kappa shape index (κ3) is 2.71. The molecular weight excluding hydrogens is 292 g/mol. The van der Waals surface area contributed by atoms with E-state index in [-0.39, 0.29) is 5.69 Å². The zero-order valence-corrected chi connectivity index (χ0v) is 12.4. The van der Waals surface area contributed by atoms with Crippen molar-refractivity contribution >= 4 is 17.4 Å². The molecule has 2 heterocycles. The van der Waals surface area contributed by atoms with E-state index >= 15 is 0 Å². The normalized spacial score (nSPS) is 13.4. The second-order valence-electron chi connectivity index (χ2n) is 4.54. The third-order valence-corrected chi connectivity index (χ3v) is 4.23. The first-order valence-electron chi connectivity index (χ1n) is 6.65. The van der Waals surface area contributed by atoms with Crippen LogP contribution in [0.4, 0.5) is 5.69 Å². The smallest absolute Gasteiger partial charge is 0.343 e. The first kappa shape index (κ1) is 13.9. The highest BCUT2D eigenvalue weighted by molar-refractivity contribution is 7.98. The molecule has 0 radical (unpaired) electrons. The molecule has 3 N–H and O–H groups in total. The van der Waals surface area contributed by atoms with Crippen LogP contribution in [0.2, 0.25) is 0 Å². The van der Waals surface area contributed by atoms with E-state index < -0.39 is 0 Å². The summed E-state index contributed by atoms with van der Waals surface area (Å²) in [6, 6.07) is 3.67. The second-order valence-corrected chi connectivity index (χ2v) is 5.48. The van der Waals surface area contributed by atoms with E-state index in [9.17, 15) is 4.79 Å². The second kappa shape index (κ2) is 5.72. The molecule has 1 aliphatic rings. The monoisotopic (exact) mass is 308 g/mol. The summed E-state index contributed by atoms with van der Waals surface area (Å²) in [6.07, 6.45) is 0. The number of nitrogens with one attached hydrogen (secondary N) is 1. The van der Waals surface area contributed by atoms with Crippen LogP contribution in [0.15, 0.2) is 22.1 Å². The Morgan fingerprint density at radius 2 is 2.10 bits per heavy atom. The lowest BCUT2D eigenvalue weighted by molar-refractivity contribution is 0.171. The Labute approximate surface area is 125 Å². The number of fused-ring (bicyclic) bond motifs is 1. The van der Waals surface area contributed by atoms with Gasteiger partial charge < -0.3 is 15.2 Å². The number of aromatic nitrogens is 3. The van der Waals surface area contributed by atoms with E-state index in [0.29, 0.717) is 47.9 Å². The van der Waals surface area contributed by atoms with Gasteiger partial charge in [0, 0.05) is 24.1 Å². The number of aromatic amines is 1. The van der Waals surface area contributed by atoms with Gasteiger partial charge in [0.15, 0.2) is 16.7 Å². The average Bonchev–Trinajstić information content (AvgIpc) is 2.85. The van der Waals surface area contributed by atoms with Crippen molar-refractivity contribution < 1.29 is 9.47 Å². The van der Waals surface area contributed by atoms with Crippen molar-refractivity contribution in [1.82, 2.24) is 14.8 Å². The molecule has 0 bridgehead atoms. The molecule has 0 unspecified atom stereocenters. The van der Waals surface area contributed by atoms with Gasteiger partial charge in [0.2, 0.25) is 0 Å². The molecule has 1 aromatic heterocycles. The Morgan fingerprint density at radius 1 is 1.38 bits per heavy atom. The van der Waals surface area contributed by atoms with Crippen molar-refractivity contribution in [1.29, 1.82) is 0 Å². The molecule has 0 fully saturated rings. The fourth-order valence-corrected chi connectivity index (χ4v) is 3.12. The Balaban J connectivity index is 1.80. The van der Waals surface area contributed by atoms with Crippen LogP contribution >= 0.6 is 11.8 Å². The van der Waals surface area contributed by atoms with Crippen LogP contribution in [0.5, 0.6) is 11.5 Å². The standard InChI is InChI=1S/C13H16N4O3S/c1-2-17-12(18)15-16-13(17)21-7-8-5-10-11(6-9(8)14)20-4-3-19-10/h5-6H,2-4,7,14H2,1H3,(H,15,18). The quantitative estimate of drug-likeness (QED) is 0.652. The maximum atomic E-state index is 11.5. The Hall–Kier alpha value is -2.09. The van der Waals surface area contributed by atoms with E-state index in [1.807, 2.05) is 13.0 Å². The Bertz CT molecular complexity index is 710. The predicted octanol–water partition coefficient (Wildman–Crippen LogP) is 1.24. The lowest BCUT2D eigenvalue weighted by Gasteiger charge is -2.20. The van der Waals surface area contributed by atoms with Crippen molar-refractivity contribution in [2.24, 2.45) is 0 Å². The number of H-pyrrole nitrogens is 1. The fraction of sp³-hybridized carbons (Fsp3) is 0.385. The van der Waals surface area contributed by atoms with E-state index in [1.165, 1.54) is 11.8 Å². The van der Waals surface area contributed by atoms with Gasteiger partial charge >= 0.3 is 5.69 Å². The predicted molar refractivity (Wildman–Crippen MR) is 79.9 cm³/mol. The van der Waals surface area contributed by atoms with Crippen molar-refractivity contribution in [3.05, 3.63) is 28.2 Å².